The molecule has 0 unspecified atom stereocenters. The Kier molecular flexibility index (Phi) is 7.25. The number of anilines is 2. The predicted octanol–water partition coefficient (Wildman–Crippen LogP) is 4.30. The highest BCUT2D eigenvalue weighted by atomic mass is 32.2. The molecule has 0 saturated carbocycles. The maximum atomic E-state index is 12.4. The lowest BCUT2D eigenvalue weighted by Gasteiger charge is -2.10. The number of pyridine rings is 1. The van der Waals surface area contributed by atoms with Crippen molar-refractivity contribution >= 4 is 27.4 Å². The maximum Gasteiger partial charge on any atom is 0.263 e. The second kappa shape index (κ2) is 10.1. The molecule has 0 atom stereocenters. The lowest BCUT2D eigenvalue weighted by Crippen LogP contribution is -2.15. The van der Waals surface area contributed by atoms with E-state index in [1.807, 2.05) is 32.0 Å². The van der Waals surface area contributed by atoms with Gasteiger partial charge in [-0.2, -0.15) is 0 Å². The second-order valence-electron chi connectivity index (χ2n) is 7.11. The molecule has 1 amide bonds. The van der Waals surface area contributed by atoms with Crippen LogP contribution in [0.4, 0.5) is 11.5 Å². The summed E-state index contributed by atoms with van der Waals surface area (Å²) in [5.41, 5.74) is 2.71. The first kappa shape index (κ1) is 22.3. The summed E-state index contributed by atoms with van der Waals surface area (Å²) in [5.74, 6) is 0.909. The maximum absolute atomic E-state index is 12.4. The molecule has 0 saturated heterocycles. The van der Waals surface area contributed by atoms with Crippen LogP contribution >= 0.6 is 0 Å². The van der Waals surface area contributed by atoms with Gasteiger partial charge in [0, 0.05) is 18.3 Å². The van der Waals surface area contributed by atoms with Crippen molar-refractivity contribution in [1.29, 1.82) is 0 Å². The highest BCUT2D eigenvalue weighted by Crippen LogP contribution is 2.20. The Balaban J connectivity index is 1.48. The highest BCUT2D eigenvalue weighted by Gasteiger charge is 2.14. The van der Waals surface area contributed by atoms with Crippen molar-refractivity contribution in [2.75, 3.05) is 16.6 Å². The predicted molar refractivity (Wildman–Crippen MR) is 121 cm³/mol. The van der Waals surface area contributed by atoms with Gasteiger partial charge in [-0.25, -0.2) is 13.4 Å². The summed E-state index contributed by atoms with van der Waals surface area (Å²) in [6.07, 6.45) is 2.37. The number of ether oxygens (including phenoxy) is 1. The minimum atomic E-state index is -3.75. The third kappa shape index (κ3) is 6.55. The minimum absolute atomic E-state index is 0.0816. The van der Waals surface area contributed by atoms with Gasteiger partial charge < -0.3 is 10.1 Å². The van der Waals surface area contributed by atoms with E-state index in [2.05, 4.69) is 15.0 Å². The lowest BCUT2D eigenvalue weighted by atomic mass is 10.1. The third-order valence-corrected chi connectivity index (χ3v) is 5.87. The van der Waals surface area contributed by atoms with Crippen molar-refractivity contribution in [2.24, 2.45) is 0 Å². The molecule has 31 heavy (non-hydrogen) atoms. The summed E-state index contributed by atoms with van der Waals surface area (Å²) in [5, 5.41) is 2.77. The van der Waals surface area contributed by atoms with Crippen molar-refractivity contribution in [3.63, 3.8) is 0 Å². The molecular formula is C23H25N3O4S. The van der Waals surface area contributed by atoms with E-state index in [1.54, 1.807) is 30.3 Å². The normalized spacial score (nSPS) is 11.0. The summed E-state index contributed by atoms with van der Waals surface area (Å²) in [7, 11) is -3.75. The van der Waals surface area contributed by atoms with Crippen LogP contribution in [0.1, 0.15) is 24.0 Å². The first-order valence-electron chi connectivity index (χ1n) is 9.87. The van der Waals surface area contributed by atoms with Gasteiger partial charge in [0.15, 0.2) is 0 Å². The molecule has 0 spiro atoms. The van der Waals surface area contributed by atoms with Gasteiger partial charge in [-0.15, -0.1) is 0 Å². The summed E-state index contributed by atoms with van der Waals surface area (Å²) in [6, 6.07) is 16.9. The number of carbonyl (C=O) groups is 1. The number of aromatic nitrogens is 1. The van der Waals surface area contributed by atoms with E-state index in [-0.39, 0.29) is 16.6 Å². The number of sulfonamides is 1. The fourth-order valence-corrected chi connectivity index (χ4v) is 3.85. The van der Waals surface area contributed by atoms with Crippen LogP contribution in [-0.2, 0) is 14.8 Å². The van der Waals surface area contributed by atoms with Crippen molar-refractivity contribution in [3.05, 3.63) is 78.0 Å². The monoisotopic (exact) mass is 439 g/mol. The average molecular weight is 440 g/mol. The number of rotatable bonds is 9. The number of benzene rings is 2. The van der Waals surface area contributed by atoms with Gasteiger partial charge in [-0.05, 0) is 73.9 Å². The number of hydrogen-bond donors (Lipinski definition) is 2. The summed E-state index contributed by atoms with van der Waals surface area (Å²) in [4.78, 5) is 16.2. The molecule has 8 heteroatoms. The van der Waals surface area contributed by atoms with Crippen molar-refractivity contribution in [3.8, 4) is 5.75 Å². The van der Waals surface area contributed by atoms with Gasteiger partial charge >= 0.3 is 0 Å². The van der Waals surface area contributed by atoms with Crippen molar-refractivity contribution in [2.45, 2.75) is 31.6 Å². The van der Waals surface area contributed by atoms with Gasteiger partial charge in [0.2, 0.25) is 5.91 Å². The molecular weight excluding hydrogens is 414 g/mol. The Morgan fingerprint density at radius 2 is 1.81 bits per heavy atom. The molecule has 3 rings (SSSR count). The molecule has 162 valence electrons. The Bertz CT molecular complexity index is 1130. The lowest BCUT2D eigenvalue weighted by molar-refractivity contribution is -0.116. The Hall–Kier alpha value is -3.39. The SMILES string of the molecule is Cc1ccc(C)c(OCCCC(=O)Nc2ccc(S(=O)(=O)Nc3ccccn3)cc2)c1. The van der Waals surface area contributed by atoms with Gasteiger partial charge in [0.05, 0.1) is 11.5 Å². The van der Waals surface area contributed by atoms with Crippen LogP contribution < -0.4 is 14.8 Å². The summed E-state index contributed by atoms with van der Waals surface area (Å²) < 4.78 is 33.0. The van der Waals surface area contributed by atoms with Gasteiger partial charge in [-0.3, -0.25) is 9.52 Å². The van der Waals surface area contributed by atoms with Crippen LogP contribution in [0.5, 0.6) is 5.75 Å². The standard InChI is InChI=1S/C23H25N3O4S/c1-17-8-9-18(2)21(16-17)30-15-5-7-23(27)25-19-10-12-20(13-11-19)31(28,29)26-22-6-3-4-14-24-22/h3-4,6,8-14,16H,5,7,15H2,1-2H3,(H,24,26)(H,25,27). The number of nitrogens with one attached hydrogen (secondary N) is 2. The molecule has 0 aliphatic heterocycles. The van der Waals surface area contributed by atoms with E-state index < -0.39 is 10.0 Å². The molecule has 1 heterocycles. The fourth-order valence-electron chi connectivity index (χ4n) is 2.84. The smallest absolute Gasteiger partial charge is 0.263 e. The first-order chi connectivity index (χ1) is 14.8. The molecule has 0 fully saturated rings. The number of nitrogens with zero attached hydrogens (tertiary/aromatic N) is 1. The number of hydrogen-bond acceptors (Lipinski definition) is 5. The number of amides is 1. The molecule has 0 aliphatic rings. The molecule has 0 bridgehead atoms. The van der Waals surface area contributed by atoms with Gasteiger partial charge in [0.25, 0.3) is 10.0 Å². The Labute approximate surface area is 182 Å². The summed E-state index contributed by atoms with van der Waals surface area (Å²) in [6.45, 7) is 4.43. The topological polar surface area (TPSA) is 97.4 Å². The number of aryl methyl sites for hydroxylation is 2. The van der Waals surface area contributed by atoms with E-state index in [4.69, 9.17) is 4.74 Å². The van der Waals surface area contributed by atoms with E-state index >= 15 is 0 Å². The zero-order chi connectivity index (χ0) is 22.3. The molecule has 3 aromatic rings. The Morgan fingerprint density at radius 3 is 2.52 bits per heavy atom. The van der Waals surface area contributed by atoms with Crippen LogP contribution in [0.25, 0.3) is 0 Å². The van der Waals surface area contributed by atoms with Crippen LogP contribution in [0.15, 0.2) is 71.8 Å². The molecule has 7 nitrogen and oxygen atoms in total. The van der Waals surface area contributed by atoms with E-state index in [0.717, 1.165) is 16.9 Å². The van der Waals surface area contributed by atoms with Crippen LogP contribution in [-0.4, -0.2) is 25.9 Å². The molecule has 0 aliphatic carbocycles. The largest absolute Gasteiger partial charge is 0.493 e. The van der Waals surface area contributed by atoms with Crippen molar-refractivity contribution in [1.82, 2.24) is 4.98 Å². The Morgan fingerprint density at radius 1 is 1.03 bits per heavy atom. The van der Waals surface area contributed by atoms with E-state index in [0.29, 0.717) is 25.1 Å². The zero-order valence-electron chi connectivity index (χ0n) is 17.5. The van der Waals surface area contributed by atoms with Gasteiger partial charge in [-0.1, -0.05) is 18.2 Å². The highest BCUT2D eigenvalue weighted by molar-refractivity contribution is 7.92. The summed E-state index contributed by atoms with van der Waals surface area (Å²) >= 11 is 0. The fraction of sp³-hybridized carbons (Fsp3) is 0.217. The van der Waals surface area contributed by atoms with Gasteiger partial charge in [0.1, 0.15) is 11.6 Å². The minimum Gasteiger partial charge on any atom is -0.493 e. The molecule has 2 aromatic carbocycles. The van der Waals surface area contributed by atoms with E-state index in [1.165, 1.54) is 18.3 Å². The second-order valence-corrected chi connectivity index (χ2v) is 8.80. The average Bonchev–Trinajstić information content (AvgIpc) is 2.74. The number of carbonyl (C=O) groups excluding carboxylic acids is 1. The zero-order valence-corrected chi connectivity index (χ0v) is 18.3. The molecule has 2 N–H and O–H groups in total. The van der Waals surface area contributed by atoms with Crippen LogP contribution in [0.3, 0.4) is 0 Å². The first-order valence-corrected chi connectivity index (χ1v) is 11.4. The quantitative estimate of drug-likeness (QED) is 0.485. The van der Waals surface area contributed by atoms with Crippen LogP contribution in [0.2, 0.25) is 0 Å². The van der Waals surface area contributed by atoms with E-state index in [9.17, 15) is 13.2 Å². The van der Waals surface area contributed by atoms with Crippen molar-refractivity contribution < 1.29 is 17.9 Å². The molecule has 1 aromatic heterocycles. The molecule has 0 radical (unpaired) electrons. The van der Waals surface area contributed by atoms with Crippen LogP contribution in [0, 0.1) is 13.8 Å². The third-order valence-electron chi connectivity index (χ3n) is 4.50.